The van der Waals surface area contributed by atoms with Crippen molar-refractivity contribution in [2.24, 2.45) is 0 Å². The topological polar surface area (TPSA) is 107 Å². The Morgan fingerprint density at radius 2 is 1.79 bits per heavy atom. The number of pyridine rings is 2. The van der Waals surface area contributed by atoms with Crippen LogP contribution in [0.1, 0.15) is 12.0 Å². The number of fused-ring (bicyclic) bond motifs is 1. The molecule has 4 aromatic rings. The highest BCUT2D eigenvalue weighted by molar-refractivity contribution is 5.99. The predicted molar refractivity (Wildman–Crippen MR) is 169 cm³/mol. The Bertz CT molecular complexity index is 1640. The van der Waals surface area contributed by atoms with E-state index in [4.69, 9.17) is 14.2 Å². The molecule has 224 valence electrons. The quantitative estimate of drug-likeness (QED) is 0.234. The van der Waals surface area contributed by atoms with Crippen LogP contribution in [0, 0.1) is 0 Å². The lowest BCUT2D eigenvalue weighted by Gasteiger charge is -2.26. The molecule has 2 aromatic heterocycles. The van der Waals surface area contributed by atoms with Crippen LogP contribution in [0.5, 0.6) is 11.5 Å². The summed E-state index contributed by atoms with van der Waals surface area (Å²) in [5, 5.41) is 7.04. The van der Waals surface area contributed by atoms with Crippen molar-refractivity contribution in [2.75, 3.05) is 57.7 Å². The van der Waals surface area contributed by atoms with Crippen LogP contribution < -0.4 is 25.7 Å². The first-order valence-corrected chi connectivity index (χ1v) is 14.3. The summed E-state index contributed by atoms with van der Waals surface area (Å²) in [6.45, 7) is 8.63. The van der Waals surface area contributed by atoms with Gasteiger partial charge in [-0.2, -0.15) is 0 Å². The van der Waals surface area contributed by atoms with Gasteiger partial charge in [0.05, 0.1) is 33.0 Å². The maximum absolute atomic E-state index is 14.1. The third-order valence-corrected chi connectivity index (χ3v) is 7.52. The molecule has 0 saturated carbocycles. The molecule has 0 unspecified atom stereocenters. The summed E-state index contributed by atoms with van der Waals surface area (Å²) in [6.07, 6.45) is 3.83. The lowest BCUT2D eigenvalue weighted by Crippen LogP contribution is -2.37. The maximum atomic E-state index is 14.1. The van der Waals surface area contributed by atoms with Crippen molar-refractivity contribution in [3.63, 3.8) is 0 Å². The SMILES string of the molecule is C=CC(=O)Nc1ccccc1CNc1cc2c(cn1)cc(-c1cc(OC)cc(OC)c1)c(=O)n2CCCN1CCOCC1. The first-order valence-electron chi connectivity index (χ1n) is 14.3. The number of methoxy groups -OCH3 is 2. The average Bonchev–Trinajstić information content (AvgIpc) is 3.05. The normalized spacial score (nSPS) is 13.4. The van der Waals surface area contributed by atoms with Crippen LogP contribution in [-0.4, -0.2) is 67.4 Å². The number of nitrogens with one attached hydrogen (secondary N) is 2. The largest absolute Gasteiger partial charge is 0.497 e. The lowest BCUT2D eigenvalue weighted by molar-refractivity contribution is -0.111. The van der Waals surface area contributed by atoms with Crippen LogP contribution in [0.2, 0.25) is 0 Å². The predicted octanol–water partition coefficient (Wildman–Crippen LogP) is 4.54. The second-order valence-electron chi connectivity index (χ2n) is 10.3. The van der Waals surface area contributed by atoms with Crippen LogP contribution in [-0.2, 0) is 22.6 Å². The van der Waals surface area contributed by atoms with Crippen LogP contribution in [0.3, 0.4) is 0 Å². The Hall–Kier alpha value is -4.67. The third-order valence-electron chi connectivity index (χ3n) is 7.52. The summed E-state index contributed by atoms with van der Waals surface area (Å²) in [6, 6.07) is 16.8. The van der Waals surface area contributed by atoms with E-state index >= 15 is 0 Å². The van der Waals surface area contributed by atoms with Gasteiger partial charge in [-0.1, -0.05) is 24.8 Å². The molecule has 3 heterocycles. The summed E-state index contributed by atoms with van der Waals surface area (Å²) >= 11 is 0. The van der Waals surface area contributed by atoms with Gasteiger partial charge in [-0.3, -0.25) is 14.5 Å². The van der Waals surface area contributed by atoms with Crippen molar-refractivity contribution in [2.45, 2.75) is 19.5 Å². The van der Waals surface area contributed by atoms with Gasteiger partial charge in [-0.25, -0.2) is 4.98 Å². The summed E-state index contributed by atoms with van der Waals surface area (Å²) in [4.78, 5) is 33.0. The number of carbonyl (C=O) groups excluding carboxylic acids is 1. The molecule has 10 heteroatoms. The number of aryl methyl sites for hydroxylation is 1. The number of ether oxygens (including phenoxy) is 3. The second-order valence-corrected chi connectivity index (χ2v) is 10.3. The summed E-state index contributed by atoms with van der Waals surface area (Å²) in [5.41, 5.74) is 3.54. The minimum atomic E-state index is -0.276. The van der Waals surface area contributed by atoms with E-state index in [1.165, 1.54) is 6.08 Å². The van der Waals surface area contributed by atoms with Crippen molar-refractivity contribution in [1.82, 2.24) is 14.5 Å². The van der Waals surface area contributed by atoms with Gasteiger partial charge in [0.2, 0.25) is 5.91 Å². The van der Waals surface area contributed by atoms with Crippen LogP contribution in [0.4, 0.5) is 11.5 Å². The molecule has 0 bridgehead atoms. The number of amides is 1. The molecule has 2 N–H and O–H groups in total. The Balaban J connectivity index is 1.49. The van der Waals surface area contributed by atoms with Crippen molar-refractivity contribution in [3.8, 4) is 22.6 Å². The van der Waals surface area contributed by atoms with Crippen LogP contribution >= 0.6 is 0 Å². The number of morpholine rings is 1. The zero-order valence-corrected chi connectivity index (χ0v) is 24.6. The van der Waals surface area contributed by atoms with E-state index in [0.29, 0.717) is 47.2 Å². The van der Waals surface area contributed by atoms with E-state index < -0.39 is 0 Å². The molecule has 2 aromatic carbocycles. The highest BCUT2D eigenvalue weighted by atomic mass is 16.5. The van der Waals surface area contributed by atoms with Crippen molar-refractivity contribution < 1.29 is 19.0 Å². The highest BCUT2D eigenvalue weighted by Gasteiger charge is 2.16. The van der Waals surface area contributed by atoms with E-state index in [0.717, 1.165) is 55.7 Å². The fraction of sp³-hybridized carbons (Fsp3) is 0.303. The zero-order valence-electron chi connectivity index (χ0n) is 24.6. The minimum Gasteiger partial charge on any atom is -0.497 e. The molecule has 10 nitrogen and oxygen atoms in total. The van der Waals surface area contributed by atoms with Gasteiger partial charge in [0, 0.05) is 67.7 Å². The monoisotopic (exact) mass is 583 g/mol. The van der Waals surface area contributed by atoms with Gasteiger partial charge in [0.25, 0.3) is 5.56 Å². The van der Waals surface area contributed by atoms with E-state index in [9.17, 15) is 9.59 Å². The molecule has 0 radical (unpaired) electrons. The van der Waals surface area contributed by atoms with Crippen molar-refractivity contribution in [1.29, 1.82) is 0 Å². The number of benzene rings is 2. The first-order chi connectivity index (χ1) is 21.0. The Kier molecular flexibility index (Phi) is 9.70. The number of hydrogen-bond acceptors (Lipinski definition) is 8. The summed E-state index contributed by atoms with van der Waals surface area (Å²) in [5.74, 6) is 1.56. The van der Waals surface area contributed by atoms with Crippen LogP contribution in [0.15, 0.2) is 78.2 Å². The molecule has 1 saturated heterocycles. The number of carbonyl (C=O) groups is 1. The molecular weight excluding hydrogens is 546 g/mol. The van der Waals surface area contributed by atoms with Gasteiger partial charge >= 0.3 is 0 Å². The van der Waals surface area contributed by atoms with Gasteiger partial charge in [-0.05, 0) is 47.9 Å². The van der Waals surface area contributed by atoms with E-state index in [-0.39, 0.29) is 11.5 Å². The number of aromatic nitrogens is 2. The molecule has 5 rings (SSSR count). The van der Waals surface area contributed by atoms with Crippen molar-refractivity contribution >= 4 is 28.3 Å². The Morgan fingerprint density at radius 1 is 1.05 bits per heavy atom. The van der Waals surface area contributed by atoms with Gasteiger partial charge in [0.1, 0.15) is 17.3 Å². The molecule has 0 atom stereocenters. The molecule has 1 amide bonds. The molecule has 43 heavy (non-hydrogen) atoms. The second kappa shape index (κ2) is 14.0. The molecule has 1 aliphatic rings. The first kappa shape index (κ1) is 29.8. The molecule has 0 spiro atoms. The van der Waals surface area contributed by atoms with E-state index in [1.807, 2.05) is 53.1 Å². The van der Waals surface area contributed by atoms with E-state index in [2.05, 4.69) is 27.1 Å². The lowest BCUT2D eigenvalue weighted by atomic mass is 10.0. The zero-order chi connectivity index (χ0) is 30.2. The van der Waals surface area contributed by atoms with Crippen molar-refractivity contribution in [3.05, 3.63) is 89.4 Å². The number of para-hydroxylation sites is 1. The molecule has 0 aliphatic carbocycles. The van der Waals surface area contributed by atoms with Gasteiger partial charge in [-0.15, -0.1) is 0 Å². The van der Waals surface area contributed by atoms with Crippen LogP contribution in [0.25, 0.3) is 22.0 Å². The Labute approximate surface area is 250 Å². The summed E-state index contributed by atoms with van der Waals surface area (Å²) < 4.78 is 18.3. The minimum absolute atomic E-state index is 0.0978. The third kappa shape index (κ3) is 7.22. The van der Waals surface area contributed by atoms with E-state index in [1.54, 1.807) is 26.5 Å². The maximum Gasteiger partial charge on any atom is 0.258 e. The average molecular weight is 584 g/mol. The number of anilines is 2. The molecule has 1 fully saturated rings. The smallest absolute Gasteiger partial charge is 0.258 e. The number of nitrogens with zero attached hydrogens (tertiary/aromatic N) is 3. The summed E-state index contributed by atoms with van der Waals surface area (Å²) in [7, 11) is 3.18. The number of hydrogen-bond donors (Lipinski definition) is 2. The molecule has 1 aliphatic heterocycles. The fourth-order valence-electron chi connectivity index (χ4n) is 5.20. The molecular formula is C33H37N5O5. The van der Waals surface area contributed by atoms with Gasteiger partial charge < -0.3 is 29.4 Å². The Morgan fingerprint density at radius 3 is 2.51 bits per heavy atom. The fourth-order valence-corrected chi connectivity index (χ4v) is 5.20. The van der Waals surface area contributed by atoms with Gasteiger partial charge in [0.15, 0.2) is 0 Å². The number of rotatable bonds is 12. The standard InChI is InChI=1S/C33H37N5O5/c1-4-32(39)36-29-9-6-5-8-23(29)21-34-31-20-30-25(22-35-31)18-28(24-16-26(41-2)19-27(17-24)42-3)33(40)38(30)11-7-10-37-12-14-43-15-13-37/h4-6,8-9,16-20,22H,1,7,10-15,21H2,2-3H3,(H,34,35)(H,36,39). The highest BCUT2D eigenvalue weighted by Crippen LogP contribution is 2.30.